The van der Waals surface area contributed by atoms with Crippen LogP contribution in [0.15, 0.2) is 54.6 Å². The van der Waals surface area contributed by atoms with Gasteiger partial charge in [0.05, 0.1) is 38.4 Å². The van der Waals surface area contributed by atoms with E-state index in [9.17, 15) is 4.79 Å². The van der Waals surface area contributed by atoms with Crippen LogP contribution < -0.4 is 4.74 Å². The number of benzene rings is 2. The zero-order valence-electron chi connectivity index (χ0n) is 18.0. The minimum absolute atomic E-state index is 0.0366. The molecule has 5 heteroatoms. The lowest BCUT2D eigenvalue weighted by Gasteiger charge is -2.53. The molecular formula is C26H30O5. The van der Waals surface area contributed by atoms with Crippen LogP contribution in [-0.2, 0) is 24.6 Å². The van der Waals surface area contributed by atoms with Crippen LogP contribution in [0, 0.1) is 17.3 Å². The zero-order chi connectivity index (χ0) is 21.3. The summed E-state index contributed by atoms with van der Waals surface area (Å²) in [5.74, 6) is 1.94. The highest BCUT2D eigenvalue weighted by Gasteiger charge is 2.51. The Labute approximate surface area is 183 Å². The van der Waals surface area contributed by atoms with Gasteiger partial charge in [0.15, 0.2) is 0 Å². The quantitative estimate of drug-likeness (QED) is 0.555. The molecule has 4 aliphatic rings. The molecule has 0 N–H and O–H groups in total. The van der Waals surface area contributed by atoms with Gasteiger partial charge in [0.1, 0.15) is 11.5 Å². The van der Waals surface area contributed by atoms with Crippen LogP contribution in [0.3, 0.4) is 0 Å². The molecule has 164 valence electrons. The minimum Gasteiger partial charge on any atom is -0.469 e. The first-order valence-corrected chi connectivity index (χ1v) is 11.2. The maximum Gasteiger partial charge on any atom is 0.309 e. The van der Waals surface area contributed by atoms with Crippen molar-refractivity contribution in [2.45, 2.75) is 37.7 Å². The molecule has 4 fully saturated rings. The number of methoxy groups -OCH3 is 1. The number of ether oxygens (including phenoxy) is 4. The molecule has 2 aromatic carbocycles. The number of carbonyl (C=O) groups excluding carboxylic acids is 1. The standard InChI is InChI=1S/C26H30O5/c1-28-24(27)23-14-19(23)16-29-17-25-10-12-26(13-11-25,30-18-25)20-6-5-9-22(15-20)31-21-7-3-2-4-8-21/h2-9,15,19,23H,10-14,16-18H2,1H3/t19-,23+,25?,26?/m0/s1. The predicted molar refractivity (Wildman–Crippen MR) is 116 cm³/mol. The van der Waals surface area contributed by atoms with Crippen LogP contribution in [0.25, 0.3) is 0 Å². The second-order valence-corrected chi connectivity index (χ2v) is 9.37. The highest BCUT2D eigenvalue weighted by Crippen LogP contribution is 2.54. The number of fused-ring (bicyclic) bond motifs is 3. The van der Waals surface area contributed by atoms with Crippen LogP contribution in [0.4, 0.5) is 0 Å². The van der Waals surface area contributed by atoms with E-state index in [1.165, 1.54) is 12.7 Å². The van der Waals surface area contributed by atoms with E-state index < -0.39 is 0 Å². The van der Waals surface area contributed by atoms with Crippen LogP contribution in [0.5, 0.6) is 11.5 Å². The van der Waals surface area contributed by atoms with E-state index >= 15 is 0 Å². The molecule has 0 radical (unpaired) electrons. The Morgan fingerprint density at radius 2 is 1.81 bits per heavy atom. The van der Waals surface area contributed by atoms with E-state index in [0.29, 0.717) is 19.1 Å². The fourth-order valence-corrected chi connectivity index (χ4v) is 5.09. The Bertz CT molecular complexity index is 900. The van der Waals surface area contributed by atoms with Gasteiger partial charge in [-0.15, -0.1) is 0 Å². The molecule has 31 heavy (non-hydrogen) atoms. The summed E-state index contributed by atoms with van der Waals surface area (Å²) in [5, 5.41) is 0. The van der Waals surface area contributed by atoms with E-state index in [1.54, 1.807) is 0 Å². The normalized spacial score (nSPS) is 31.3. The summed E-state index contributed by atoms with van der Waals surface area (Å²) in [6.07, 6.45) is 5.09. The fourth-order valence-electron chi connectivity index (χ4n) is 5.09. The van der Waals surface area contributed by atoms with Gasteiger partial charge in [0.25, 0.3) is 0 Å². The molecule has 2 aromatic rings. The molecule has 2 saturated heterocycles. The number of rotatable bonds is 8. The van der Waals surface area contributed by atoms with E-state index in [4.69, 9.17) is 18.9 Å². The second kappa shape index (κ2) is 8.29. The van der Waals surface area contributed by atoms with Crippen LogP contribution in [-0.4, -0.2) is 32.9 Å². The topological polar surface area (TPSA) is 54.0 Å². The second-order valence-electron chi connectivity index (χ2n) is 9.37. The molecule has 2 heterocycles. The van der Waals surface area contributed by atoms with Crippen LogP contribution in [0.2, 0.25) is 0 Å². The Morgan fingerprint density at radius 3 is 2.52 bits per heavy atom. The lowest BCUT2D eigenvalue weighted by molar-refractivity contribution is -0.205. The van der Waals surface area contributed by atoms with Crippen molar-refractivity contribution in [3.8, 4) is 11.5 Å². The van der Waals surface area contributed by atoms with E-state index in [0.717, 1.165) is 50.2 Å². The van der Waals surface area contributed by atoms with Crippen molar-refractivity contribution in [2.24, 2.45) is 17.3 Å². The third-order valence-corrected chi connectivity index (χ3v) is 7.28. The van der Waals surface area contributed by atoms with Gasteiger partial charge in [-0.05, 0) is 67.9 Å². The number of esters is 1. The van der Waals surface area contributed by atoms with E-state index in [2.05, 4.69) is 18.2 Å². The van der Waals surface area contributed by atoms with E-state index in [-0.39, 0.29) is 22.9 Å². The Balaban J connectivity index is 1.17. The number of hydrogen-bond donors (Lipinski definition) is 0. The van der Waals surface area contributed by atoms with Gasteiger partial charge in [-0.25, -0.2) is 0 Å². The Kier molecular flexibility index (Phi) is 5.49. The fraction of sp³-hybridized carbons (Fsp3) is 0.500. The predicted octanol–water partition coefficient (Wildman–Crippen LogP) is 5.09. The lowest BCUT2D eigenvalue weighted by atomic mass is 9.64. The smallest absolute Gasteiger partial charge is 0.309 e. The molecule has 2 aliphatic carbocycles. The largest absolute Gasteiger partial charge is 0.469 e. The van der Waals surface area contributed by atoms with Crippen LogP contribution in [0.1, 0.15) is 37.7 Å². The Morgan fingerprint density at radius 1 is 1.03 bits per heavy atom. The first kappa shape index (κ1) is 20.5. The van der Waals surface area contributed by atoms with Gasteiger partial charge in [-0.2, -0.15) is 0 Å². The number of hydrogen-bond acceptors (Lipinski definition) is 5. The van der Waals surface area contributed by atoms with Gasteiger partial charge in [-0.1, -0.05) is 30.3 Å². The van der Waals surface area contributed by atoms with Crippen molar-refractivity contribution in [3.05, 3.63) is 60.2 Å². The SMILES string of the molecule is COC(=O)[C@@H]1C[C@H]1COCC12CCC(c3cccc(Oc4ccccc4)c3)(CC1)OC2. The van der Waals surface area contributed by atoms with Gasteiger partial charge >= 0.3 is 5.97 Å². The molecule has 0 unspecified atom stereocenters. The monoisotopic (exact) mass is 422 g/mol. The third-order valence-electron chi connectivity index (χ3n) is 7.28. The van der Waals surface area contributed by atoms with Crippen LogP contribution >= 0.6 is 0 Å². The lowest BCUT2D eigenvalue weighted by Crippen LogP contribution is -2.51. The summed E-state index contributed by atoms with van der Waals surface area (Å²) in [4.78, 5) is 11.6. The summed E-state index contributed by atoms with van der Waals surface area (Å²) in [6, 6.07) is 18.2. The van der Waals surface area contributed by atoms with Gasteiger partial charge < -0.3 is 18.9 Å². The van der Waals surface area contributed by atoms with Crippen molar-refractivity contribution < 1.29 is 23.7 Å². The van der Waals surface area contributed by atoms with Gasteiger partial charge in [0.2, 0.25) is 0 Å². The molecular weight excluding hydrogens is 392 g/mol. The minimum atomic E-state index is -0.218. The highest BCUT2D eigenvalue weighted by molar-refractivity contribution is 5.75. The molecule has 0 amide bonds. The summed E-state index contributed by atoms with van der Waals surface area (Å²) >= 11 is 0. The van der Waals surface area contributed by atoms with Crippen molar-refractivity contribution in [3.63, 3.8) is 0 Å². The maximum absolute atomic E-state index is 11.6. The molecule has 0 spiro atoms. The molecule has 6 rings (SSSR count). The molecule has 5 nitrogen and oxygen atoms in total. The first-order valence-electron chi connectivity index (χ1n) is 11.2. The van der Waals surface area contributed by atoms with Gasteiger partial charge in [-0.3, -0.25) is 4.79 Å². The zero-order valence-corrected chi connectivity index (χ0v) is 18.0. The molecule has 2 atom stereocenters. The van der Waals surface area contributed by atoms with Crippen molar-refractivity contribution in [1.29, 1.82) is 0 Å². The summed E-state index contributed by atoms with van der Waals surface area (Å²) in [7, 11) is 1.45. The average molecular weight is 423 g/mol. The molecule has 2 aliphatic heterocycles. The van der Waals surface area contributed by atoms with Crippen molar-refractivity contribution in [2.75, 3.05) is 26.9 Å². The Hall–Kier alpha value is -2.37. The highest BCUT2D eigenvalue weighted by atomic mass is 16.5. The van der Waals surface area contributed by atoms with E-state index in [1.807, 2.05) is 36.4 Å². The number of para-hydroxylation sites is 1. The summed E-state index contributed by atoms with van der Waals surface area (Å²) in [5.41, 5.74) is 1.09. The summed E-state index contributed by atoms with van der Waals surface area (Å²) in [6.45, 7) is 2.08. The molecule has 2 saturated carbocycles. The molecule has 0 aromatic heterocycles. The first-order chi connectivity index (χ1) is 15.1. The summed E-state index contributed by atoms with van der Waals surface area (Å²) < 4.78 is 23.4. The van der Waals surface area contributed by atoms with Crippen molar-refractivity contribution >= 4 is 5.97 Å². The maximum atomic E-state index is 11.6. The number of carbonyl (C=O) groups is 1. The van der Waals surface area contributed by atoms with Crippen molar-refractivity contribution in [1.82, 2.24) is 0 Å². The van der Waals surface area contributed by atoms with Gasteiger partial charge in [0, 0.05) is 5.41 Å². The third kappa shape index (κ3) is 4.21. The molecule has 2 bridgehead atoms. The average Bonchev–Trinajstić information content (AvgIpc) is 3.60.